The maximum atomic E-state index is 12.4. The van der Waals surface area contributed by atoms with Gasteiger partial charge in [-0.15, -0.1) is 0 Å². The predicted molar refractivity (Wildman–Crippen MR) is 66.5 cm³/mol. The highest BCUT2D eigenvalue weighted by atomic mass is 32.2. The minimum atomic E-state index is -3.37. The van der Waals surface area contributed by atoms with Gasteiger partial charge in [0, 0.05) is 25.3 Å². The van der Waals surface area contributed by atoms with Crippen LogP contribution in [-0.4, -0.2) is 48.6 Å². The molecule has 0 aromatic carbocycles. The van der Waals surface area contributed by atoms with Gasteiger partial charge in [-0.25, -0.2) is 8.42 Å². The fourth-order valence-corrected chi connectivity index (χ4v) is 4.33. The smallest absolute Gasteiger partial charge is 0.246 e. The van der Waals surface area contributed by atoms with Crippen LogP contribution in [0.5, 0.6) is 0 Å². The molecule has 0 spiro atoms. The van der Waals surface area contributed by atoms with Crippen molar-refractivity contribution in [2.24, 2.45) is 5.92 Å². The van der Waals surface area contributed by atoms with Gasteiger partial charge in [-0.3, -0.25) is 5.10 Å². The van der Waals surface area contributed by atoms with Crippen LogP contribution in [0.2, 0.25) is 0 Å². The Hall–Kier alpha value is -0.920. The molecule has 3 rings (SSSR count). The summed E-state index contributed by atoms with van der Waals surface area (Å²) in [5.74, 6) is 0.453. The topological polar surface area (TPSA) is 78.1 Å². The molecular weight excluding hydrogens is 252 g/mol. The molecule has 0 unspecified atom stereocenters. The average molecular weight is 270 g/mol. The lowest BCUT2D eigenvalue weighted by atomic mass is 9.99. The fraction of sp³-hybridized carbons (Fsp3) is 0.727. The van der Waals surface area contributed by atoms with Crippen molar-refractivity contribution < 1.29 is 8.42 Å². The van der Waals surface area contributed by atoms with Crippen LogP contribution in [0.25, 0.3) is 0 Å². The lowest BCUT2D eigenvalue weighted by Crippen LogP contribution is -2.36. The number of aromatic nitrogens is 2. The van der Waals surface area contributed by atoms with Gasteiger partial charge in [0.15, 0.2) is 0 Å². The van der Waals surface area contributed by atoms with Gasteiger partial charge in [0.25, 0.3) is 0 Å². The molecule has 0 radical (unpaired) electrons. The SMILES string of the molecule is O=S(=O)(c1cn[nH]c1)N1C[C@@H]2CCCCN[C@@H]2C1. The number of H-pyrrole nitrogens is 1. The summed E-state index contributed by atoms with van der Waals surface area (Å²) in [4.78, 5) is 0.263. The zero-order valence-corrected chi connectivity index (χ0v) is 11.0. The second-order valence-corrected chi connectivity index (χ2v) is 7.01. The van der Waals surface area contributed by atoms with E-state index in [1.807, 2.05) is 0 Å². The van der Waals surface area contributed by atoms with Gasteiger partial charge in [-0.05, 0) is 25.3 Å². The molecule has 2 atom stereocenters. The van der Waals surface area contributed by atoms with Gasteiger partial charge in [0.05, 0.1) is 6.20 Å². The van der Waals surface area contributed by atoms with E-state index in [1.165, 1.54) is 25.2 Å². The molecule has 0 aliphatic carbocycles. The van der Waals surface area contributed by atoms with E-state index in [-0.39, 0.29) is 4.90 Å². The molecule has 0 saturated carbocycles. The summed E-state index contributed by atoms with van der Waals surface area (Å²) in [5, 5.41) is 9.74. The second-order valence-electron chi connectivity index (χ2n) is 5.07. The van der Waals surface area contributed by atoms with E-state index in [0.29, 0.717) is 25.0 Å². The van der Waals surface area contributed by atoms with Gasteiger partial charge in [0.1, 0.15) is 4.90 Å². The summed E-state index contributed by atoms with van der Waals surface area (Å²) >= 11 is 0. The third-order valence-corrected chi connectivity index (χ3v) is 5.72. The second kappa shape index (κ2) is 4.64. The summed E-state index contributed by atoms with van der Waals surface area (Å²) in [6.07, 6.45) is 6.32. The Labute approximate surface area is 107 Å². The van der Waals surface area contributed by atoms with Crippen LogP contribution in [0.15, 0.2) is 17.3 Å². The molecule has 0 amide bonds. The molecule has 3 heterocycles. The molecule has 2 saturated heterocycles. The fourth-order valence-electron chi connectivity index (χ4n) is 2.90. The van der Waals surface area contributed by atoms with E-state index in [0.717, 1.165) is 13.0 Å². The molecule has 2 aliphatic rings. The summed E-state index contributed by atoms with van der Waals surface area (Å²) < 4.78 is 26.3. The Morgan fingerprint density at radius 1 is 1.33 bits per heavy atom. The number of nitrogens with zero attached hydrogens (tertiary/aromatic N) is 2. The van der Waals surface area contributed by atoms with Crippen LogP contribution in [0.3, 0.4) is 0 Å². The lowest BCUT2D eigenvalue weighted by molar-refractivity contribution is 0.436. The zero-order valence-electron chi connectivity index (χ0n) is 10.2. The Kier molecular flexibility index (Phi) is 3.13. The van der Waals surface area contributed by atoms with Crippen LogP contribution in [0, 0.1) is 5.92 Å². The molecule has 6 nitrogen and oxygen atoms in total. The Balaban J connectivity index is 1.79. The Morgan fingerprint density at radius 2 is 2.22 bits per heavy atom. The first-order valence-electron chi connectivity index (χ1n) is 6.40. The van der Waals surface area contributed by atoms with E-state index in [4.69, 9.17) is 0 Å². The maximum absolute atomic E-state index is 12.4. The molecule has 2 aliphatic heterocycles. The maximum Gasteiger partial charge on any atom is 0.246 e. The highest BCUT2D eigenvalue weighted by Crippen LogP contribution is 2.28. The molecule has 2 N–H and O–H groups in total. The number of rotatable bonds is 2. The molecule has 2 fully saturated rings. The van der Waals surface area contributed by atoms with Crippen molar-refractivity contribution in [1.82, 2.24) is 19.8 Å². The van der Waals surface area contributed by atoms with Crippen LogP contribution in [0.4, 0.5) is 0 Å². The molecule has 7 heteroatoms. The van der Waals surface area contributed by atoms with Gasteiger partial charge < -0.3 is 5.32 Å². The first-order chi connectivity index (χ1) is 8.68. The van der Waals surface area contributed by atoms with E-state index in [1.54, 1.807) is 4.31 Å². The van der Waals surface area contributed by atoms with E-state index in [9.17, 15) is 8.42 Å². The van der Waals surface area contributed by atoms with Crippen molar-refractivity contribution in [2.75, 3.05) is 19.6 Å². The normalized spacial score (nSPS) is 30.0. The van der Waals surface area contributed by atoms with Crippen LogP contribution < -0.4 is 5.32 Å². The van der Waals surface area contributed by atoms with Crippen molar-refractivity contribution >= 4 is 10.0 Å². The van der Waals surface area contributed by atoms with Crippen molar-refractivity contribution in [1.29, 1.82) is 0 Å². The third kappa shape index (κ3) is 2.06. The summed E-state index contributed by atoms with van der Waals surface area (Å²) in [5.41, 5.74) is 0. The van der Waals surface area contributed by atoms with Gasteiger partial charge in [-0.1, -0.05) is 6.42 Å². The standard InChI is InChI=1S/C11H18N4O2S/c16-18(17,10-5-13-14-6-10)15-7-9-3-1-2-4-12-11(9)8-15/h5-6,9,11-12H,1-4,7-8H2,(H,13,14)/t9-,11+/m0/s1. The summed E-state index contributed by atoms with van der Waals surface area (Å²) in [7, 11) is -3.37. The molecule has 18 heavy (non-hydrogen) atoms. The van der Waals surface area contributed by atoms with Crippen molar-refractivity contribution in [2.45, 2.75) is 30.2 Å². The minimum absolute atomic E-state index is 0.263. The van der Waals surface area contributed by atoms with E-state index < -0.39 is 10.0 Å². The number of hydrogen-bond acceptors (Lipinski definition) is 4. The number of sulfonamides is 1. The van der Waals surface area contributed by atoms with Crippen LogP contribution >= 0.6 is 0 Å². The quantitative estimate of drug-likeness (QED) is 0.803. The largest absolute Gasteiger partial charge is 0.312 e. The number of nitrogens with one attached hydrogen (secondary N) is 2. The van der Waals surface area contributed by atoms with Crippen molar-refractivity contribution in [3.63, 3.8) is 0 Å². The highest BCUT2D eigenvalue weighted by molar-refractivity contribution is 7.89. The minimum Gasteiger partial charge on any atom is -0.312 e. The first-order valence-corrected chi connectivity index (χ1v) is 7.84. The molecule has 1 aromatic heterocycles. The summed E-state index contributed by atoms with van der Waals surface area (Å²) in [6, 6.07) is 0.314. The summed E-state index contributed by atoms with van der Waals surface area (Å²) in [6.45, 7) is 2.21. The highest BCUT2D eigenvalue weighted by Gasteiger charge is 2.39. The molecule has 1 aromatic rings. The number of fused-ring (bicyclic) bond motifs is 1. The van der Waals surface area contributed by atoms with Crippen LogP contribution in [-0.2, 0) is 10.0 Å². The molecule has 100 valence electrons. The third-order valence-electron chi connectivity index (χ3n) is 3.93. The first kappa shape index (κ1) is 12.1. The number of hydrogen-bond donors (Lipinski definition) is 2. The monoisotopic (exact) mass is 270 g/mol. The predicted octanol–water partition coefficient (Wildman–Crippen LogP) is 0.172. The van der Waals surface area contributed by atoms with Gasteiger partial charge >= 0.3 is 0 Å². The van der Waals surface area contributed by atoms with Crippen molar-refractivity contribution in [3.05, 3.63) is 12.4 Å². The lowest BCUT2D eigenvalue weighted by Gasteiger charge is -2.15. The molecular formula is C11H18N4O2S. The average Bonchev–Trinajstić information content (AvgIpc) is 2.96. The molecule has 0 bridgehead atoms. The number of aromatic amines is 1. The van der Waals surface area contributed by atoms with E-state index >= 15 is 0 Å². The Morgan fingerprint density at radius 3 is 3.00 bits per heavy atom. The van der Waals surface area contributed by atoms with Crippen LogP contribution in [0.1, 0.15) is 19.3 Å². The van der Waals surface area contributed by atoms with Gasteiger partial charge in [0.2, 0.25) is 10.0 Å². The van der Waals surface area contributed by atoms with Crippen molar-refractivity contribution in [3.8, 4) is 0 Å². The zero-order chi connectivity index (χ0) is 12.6. The van der Waals surface area contributed by atoms with Gasteiger partial charge in [-0.2, -0.15) is 9.40 Å². The van der Waals surface area contributed by atoms with E-state index in [2.05, 4.69) is 15.5 Å². The Bertz CT molecular complexity index is 485.